The summed E-state index contributed by atoms with van der Waals surface area (Å²) in [7, 11) is 1.66. The molecule has 2 bridgehead atoms. The molecule has 0 amide bonds. The maximum absolute atomic E-state index is 8.89. The van der Waals surface area contributed by atoms with Crippen molar-refractivity contribution in [2.24, 2.45) is 11.8 Å². The van der Waals surface area contributed by atoms with E-state index >= 15 is 0 Å². The molecule has 1 aromatic carbocycles. The number of nitrogens with one attached hydrogen (secondary N) is 1. The van der Waals surface area contributed by atoms with E-state index in [4.69, 9.17) is 10.00 Å². The first-order valence-corrected chi connectivity index (χ1v) is 6.65. The van der Waals surface area contributed by atoms with E-state index in [-0.39, 0.29) is 0 Å². The van der Waals surface area contributed by atoms with Gasteiger partial charge in [0.15, 0.2) is 0 Å². The zero-order chi connectivity index (χ0) is 12.5. The zero-order valence-electron chi connectivity index (χ0n) is 10.6. The largest absolute Gasteiger partial charge is 0.495 e. The van der Waals surface area contributed by atoms with Crippen LogP contribution in [0, 0.1) is 23.2 Å². The predicted octanol–water partition coefficient (Wildman–Crippen LogP) is 3.17. The van der Waals surface area contributed by atoms with Crippen molar-refractivity contribution < 1.29 is 4.74 Å². The molecule has 3 unspecified atom stereocenters. The summed E-state index contributed by atoms with van der Waals surface area (Å²) in [6.45, 7) is 0. The van der Waals surface area contributed by atoms with E-state index in [9.17, 15) is 0 Å². The number of ether oxygens (including phenoxy) is 1. The Labute approximate surface area is 108 Å². The quantitative estimate of drug-likeness (QED) is 0.885. The van der Waals surface area contributed by atoms with E-state index in [0.29, 0.717) is 11.6 Å². The maximum atomic E-state index is 8.89. The van der Waals surface area contributed by atoms with E-state index in [2.05, 4.69) is 11.4 Å². The summed E-state index contributed by atoms with van der Waals surface area (Å²) in [5.41, 5.74) is 1.67. The van der Waals surface area contributed by atoms with Gasteiger partial charge in [0.25, 0.3) is 0 Å². The molecule has 0 radical (unpaired) electrons. The van der Waals surface area contributed by atoms with Crippen molar-refractivity contribution in [1.82, 2.24) is 0 Å². The summed E-state index contributed by atoms with van der Waals surface area (Å²) in [6.07, 6.45) is 5.44. The Balaban J connectivity index is 1.78. The third-order valence-electron chi connectivity index (χ3n) is 4.41. The Hall–Kier alpha value is -1.69. The molecule has 1 aromatic rings. The van der Waals surface area contributed by atoms with Gasteiger partial charge in [-0.05, 0) is 43.2 Å². The van der Waals surface area contributed by atoms with E-state index in [1.54, 1.807) is 13.2 Å². The van der Waals surface area contributed by atoms with Crippen molar-refractivity contribution in [3.8, 4) is 11.8 Å². The van der Waals surface area contributed by atoms with Gasteiger partial charge >= 0.3 is 0 Å². The lowest BCUT2D eigenvalue weighted by Gasteiger charge is -2.25. The van der Waals surface area contributed by atoms with Gasteiger partial charge < -0.3 is 10.1 Å². The molecule has 2 aliphatic rings. The summed E-state index contributed by atoms with van der Waals surface area (Å²) in [6, 6.07) is 8.34. The lowest BCUT2D eigenvalue weighted by Crippen LogP contribution is -2.26. The third kappa shape index (κ3) is 1.92. The topological polar surface area (TPSA) is 45.0 Å². The first kappa shape index (κ1) is 11.4. The fraction of sp³-hybridized carbons (Fsp3) is 0.533. The maximum Gasteiger partial charge on any atom is 0.143 e. The van der Waals surface area contributed by atoms with Gasteiger partial charge in [-0.25, -0.2) is 0 Å². The summed E-state index contributed by atoms with van der Waals surface area (Å²) in [4.78, 5) is 0. The van der Waals surface area contributed by atoms with Gasteiger partial charge in [0.05, 0.1) is 24.4 Å². The van der Waals surface area contributed by atoms with Crippen LogP contribution in [0.25, 0.3) is 0 Å². The van der Waals surface area contributed by atoms with Crippen LogP contribution in [0.5, 0.6) is 5.75 Å². The highest BCUT2D eigenvalue weighted by Gasteiger charge is 2.39. The van der Waals surface area contributed by atoms with Gasteiger partial charge in [-0.1, -0.05) is 6.42 Å². The monoisotopic (exact) mass is 242 g/mol. The molecule has 94 valence electrons. The standard InChI is InChI=1S/C15H18N2O/c1-18-15-8-11(9-16)3-5-13(15)17-14-7-10-2-4-12(14)6-10/h3,5,8,10,12,14,17H,2,4,6-7H2,1H3. The van der Waals surface area contributed by atoms with Crippen LogP contribution in [0.15, 0.2) is 18.2 Å². The average molecular weight is 242 g/mol. The first-order valence-electron chi connectivity index (χ1n) is 6.65. The van der Waals surface area contributed by atoms with Crippen LogP contribution in [-0.4, -0.2) is 13.2 Å². The summed E-state index contributed by atoms with van der Waals surface area (Å²) >= 11 is 0. The van der Waals surface area contributed by atoms with E-state index in [1.807, 2.05) is 12.1 Å². The third-order valence-corrected chi connectivity index (χ3v) is 4.41. The highest BCUT2D eigenvalue weighted by molar-refractivity contribution is 5.60. The molecule has 0 heterocycles. The molecule has 18 heavy (non-hydrogen) atoms. The molecule has 2 fully saturated rings. The number of hydrogen-bond acceptors (Lipinski definition) is 3. The molecule has 3 heteroatoms. The second kappa shape index (κ2) is 4.53. The second-order valence-electron chi connectivity index (χ2n) is 5.45. The minimum absolute atomic E-state index is 0.589. The number of anilines is 1. The zero-order valence-corrected chi connectivity index (χ0v) is 10.6. The van der Waals surface area contributed by atoms with Crippen molar-refractivity contribution in [2.45, 2.75) is 31.7 Å². The van der Waals surface area contributed by atoms with Gasteiger partial charge in [-0.15, -0.1) is 0 Å². The number of rotatable bonds is 3. The number of nitriles is 1. The summed E-state index contributed by atoms with van der Waals surface area (Å²) < 4.78 is 5.36. The van der Waals surface area contributed by atoms with Crippen molar-refractivity contribution >= 4 is 5.69 Å². The van der Waals surface area contributed by atoms with Gasteiger partial charge in [0, 0.05) is 12.1 Å². The molecule has 3 rings (SSSR count). The Morgan fingerprint density at radius 2 is 2.22 bits per heavy atom. The molecular weight excluding hydrogens is 224 g/mol. The number of hydrogen-bond donors (Lipinski definition) is 1. The average Bonchev–Trinajstić information content (AvgIpc) is 3.01. The Morgan fingerprint density at radius 3 is 2.83 bits per heavy atom. The number of fused-ring (bicyclic) bond motifs is 2. The molecule has 0 aromatic heterocycles. The minimum atomic E-state index is 0.589. The van der Waals surface area contributed by atoms with Crippen LogP contribution in [0.3, 0.4) is 0 Å². The number of nitrogens with zero attached hydrogens (tertiary/aromatic N) is 1. The van der Waals surface area contributed by atoms with Gasteiger partial charge in [-0.2, -0.15) is 5.26 Å². The SMILES string of the molecule is COc1cc(C#N)ccc1NC1CC2CCC1C2. The van der Waals surface area contributed by atoms with Gasteiger partial charge in [0.1, 0.15) is 5.75 Å². The Morgan fingerprint density at radius 1 is 1.33 bits per heavy atom. The molecule has 2 saturated carbocycles. The summed E-state index contributed by atoms with van der Waals surface area (Å²) in [5, 5.41) is 12.5. The molecule has 2 aliphatic carbocycles. The van der Waals surface area contributed by atoms with Crippen LogP contribution < -0.4 is 10.1 Å². The summed E-state index contributed by atoms with van der Waals surface area (Å²) in [5.74, 6) is 2.53. The van der Waals surface area contributed by atoms with Crippen molar-refractivity contribution in [3.05, 3.63) is 23.8 Å². The van der Waals surface area contributed by atoms with Gasteiger partial charge in [0.2, 0.25) is 0 Å². The normalized spacial score (nSPS) is 29.0. The fourth-order valence-electron chi connectivity index (χ4n) is 3.50. The van der Waals surface area contributed by atoms with Crippen LogP contribution in [-0.2, 0) is 0 Å². The predicted molar refractivity (Wildman–Crippen MR) is 70.6 cm³/mol. The number of benzene rings is 1. The second-order valence-corrected chi connectivity index (χ2v) is 5.45. The smallest absolute Gasteiger partial charge is 0.143 e. The Kier molecular flexibility index (Phi) is 2.87. The molecule has 3 nitrogen and oxygen atoms in total. The molecule has 1 N–H and O–H groups in total. The highest BCUT2D eigenvalue weighted by atomic mass is 16.5. The van der Waals surface area contributed by atoms with E-state index in [0.717, 1.165) is 23.3 Å². The molecule has 0 spiro atoms. The number of methoxy groups -OCH3 is 1. The van der Waals surface area contributed by atoms with Gasteiger partial charge in [-0.3, -0.25) is 0 Å². The highest BCUT2D eigenvalue weighted by Crippen LogP contribution is 2.46. The lowest BCUT2D eigenvalue weighted by molar-refractivity contribution is 0.410. The Bertz CT molecular complexity index is 492. The molecule has 0 saturated heterocycles. The van der Waals surface area contributed by atoms with Crippen LogP contribution in [0.4, 0.5) is 5.69 Å². The van der Waals surface area contributed by atoms with E-state index < -0.39 is 0 Å². The first-order chi connectivity index (χ1) is 8.80. The lowest BCUT2D eigenvalue weighted by atomic mass is 9.95. The van der Waals surface area contributed by atoms with Crippen molar-refractivity contribution in [1.29, 1.82) is 5.26 Å². The van der Waals surface area contributed by atoms with Crippen molar-refractivity contribution in [3.63, 3.8) is 0 Å². The van der Waals surface area contributed by atoms with Crippen molar-refractivity contribution in [2.75, 3.05) is 12.4 Å². The van der Waals surface area contributed by atoms with Crippen LogP contribution >= 0.6 is 0 Å². The van der Waals surface area contributed by atoms with E-state index in [1.165, 1.54) is 25.7 Å². The minimum Gasteiger partial charge on any atom is -0.495 e. The molecular formula is C15H18N2O. The molecule has 0 aliphatic heterocycles. The fourth-order valence-corrected chi connectivity index (χ4v) is 3.50. The molecule has 3 atom stereocenters. The van der Waals surface area contributed by atoms with Crippen LogP contribution in [0.2, 0.25) is 0 Å². The van der Waals surface area contributed by atoms with Crippen LogP contribution in [0.1, 0.15) is 31.2 Å².